The lowest BCUT2D eigenvalue weighted by atomic mass is 9.98. The summed E-state index contributed by atoms with van der Waals surface area (Å²) in [4.78, 5) is 10.3. The van der Waals surface area contributed by atoms with Gasteiger partial charge >= 0.3 is 0 Å². The van der Waals surface area contributed by atoms with Crippen molar-refractivity contribution in [2.75, 3.05) is 0 Å². The van der Waals surface area contributed by atoms with E-state index in [1.807, 2.05) is 24.3 Å². The minimum Gasteiger partial charge on any atom is -0.456 e. The van der Waals surface area contributed by atoms with Crippen LogP contribution in [0.2, 0.25) is 0 Å². The van der Waals surface area contributed by atoms with Crippen LogP contribution in [-0.4, -0.2) is 18.9 Å². The molecule has 5 nitrogen and oxygen atoms in total. The number of hydrogen-bond donors (Lipinski definition) is 0. The maximum absolute atomic E-state index is 6.66. The zero-order valence-electron chi connectivity index (χ0n) is 26.1. The highest BCUT2D eigenvalue weighted by molar-refractivity contribution is 6.34. The van der Waals surface area contributed by atoms with E-state index < -0.39 is 0 Å². The molecule has 0 N–H and O–H groups in total. The standard InChI is InChI=1S/C44H24N4O/c1-2-10-27(11-3-1)47-35-16-8-4-12-28(35)30-22-25(18-20-37(30)47)26-19-21-38-31(23-26)40-39(49-38)24-32-42-44(46-34-15-7-6-14-33(34)45-42)48-36-17-9-5-13-29(36)41(40)43(32)48/h1-24H. The minimum atomic E-state index is 0.863. The SMILES string of the molecule is c1ccc(-n2c3ccccc3c3cc(-c4ccc5oc6cc7c8nc9ccccc9nc8n8c9ccccc9c(c6c5c4)c78)ccc32)cc1. The molecule has 5 aromatic heterocycles. The van der Waals surface area contributed by atoms with E-state index in [2.05, 4.69) is 130 Å². The molecule has 49 heavy (non-hydrogen) atoms. The summed E-state index contributed by atoms with van der Waals surface area (Å²) in [6.07, 6.45) is 0. The fraction of sp³-hybridized carbons (Fsp3) is 0. The molecule has 5 heteroatoms. The molecule has 7 aromatic carbocycles. The molecule has 0 aliphatic heterocycles. The molecular formula is C44H24N4O. The van der Waals surface area contributed by atoms with Crippen molar-refractivity contribution < 1.29 is 4.42 Å². The van der Waals surface area contributed by atoms with E-state index in [4.69, 9.17) is 14.4 Å². The van der Waals surface area contributed by atoms with Gasteiger partial charge in [-0.2, -0.15) is 0 Å². The van der Waals surface area contributed by atoms with E-state index in [0.29, 0.717) is 0 Å². The second-order valence-corrected chi connectivity index (χ2v) is 13.0. The molecule has 0 amide bonds. The molecule has 12 aromatic rings. The molecule has 0 aliphatic rings. The van der Waals surface area contributed by atoms with Gasteiger partial charge in [0.2, 0.25) is 0 Å². The Balaban J connectivity index is 1.15. The molecule has 0 radical (unpaired) electrons. The first kappa shape index (κ1) is 25.4. The van der Waals surface area contributed by atoms with Crippen LogP contribution >= 0.6 is 0 Å². The fourth-order valence-corrected chi connectivity index (χ4v) is 8.34. The first-order chi connectivity index (χ1) is 24.3. The third-order valence-electron chi connectivity index (χ3n) is 10.4. The van der Waals surface area contributed by atoms with Gasteiger partial charge in [0.1, 0.15) is 16.7 Å². The van der Waals surface area contributed by atoms with E-state index in [1.165, 1.54) is 38.1 Å². The van der Waals surface area contributed by atoms with Crippen molar-refractivity contribution in [1.82, 2.24) is 18.9 Å². The number of hydrogen-bond acceptors (Lipinski definition) is 3. The van der Waals surface area contributed by atoms with Crippen molar-refractivity contribution in [3.8, 4) is 16.8 Å². The zero-order chi connectivity index (χ0) is 31.8. The van der Waals surface area contributed by atoms with Crippen molar-refractivity contribution in [3.05, 3.63) is 146 Å². The Bertz CT molecular complexity index is 3330. The van der Waals surface area contributed by atoms with Crippen LogP contribution in [0.4, 0.5) is 0 Å². The summed E-state index contributed by atoms with van der Waals surface area (Å²) in [5.41, 5.74) is 13.4. The summed E-state index contributed by atoms with van der Waals surface area (Å²) in [5.74, 6) is 0. The van der Waals surface area contributed by atoms with Crippen LogP contribution in [0, 0.1) is 0 Å². The van der Waals surface area contributed by atoms with Crippen LogP contribution in [-0.2, 0) is 0 Å². The predicted octanol–water partition coefficient (Wildman–Crippen LogP) is 11.4. The first-order valence-corrected chi connectivity index (χ1v) is 16.6. The molecule has 0 saturated carbocycles. The molecule has 5 heterocycles. The molecule has 0 atom stereocenters. The molecule has 226 valence electrons. The van der Waals surface area contributed by atoms with Crippen LogP contribution in [0.25, 0.3) is 110 Å². The summed E-state index contributed by atoms with van der Waals surface area (Å²) in [6.45, 7) is 0. The summed E-state index contributed by atoms with van der Waals surface area (Å²) in [6, 6.07) is 51.6. The smallest absolute Gasteiger partial charge is 0.165 e. The van der Waals surface area contributed by atoms with Crippen molar-refractivity contribution in [2.45, 2.75) is 0 Å². The Kier molecular flexibility index (Phi) is 4.66. The highest BCUT2D eigenvalue weighted by Crippen LogP contribution is 2.46. The van der Waals surface area contributed by atoms with E-state index >= 15 is 0 Å². The summed E-state index contributed by atoms with van der Waals surface area (Å²) >= 11 is 0. The van der Waals surface area contributed by atoms with E-state index in [9.17, 15) is 0 Å². The van der Waals surface area contributed by atoms with Gasteiger partial charge in [-0.05, 0) is 77.9 Å². The molecule has 0 bridgehead atoms. The van der Waals surface area contributed by atoms with Gasteiger partial charge in [0, 0.05) is 43.4 Å². The molecule has 0 spiro atoms. The van der Waals surface area contributed by atoms with Crippen LogP contribution in [0.15, 0.2) is 150 Å². The molecular weight excluding hydrogens is 601 g/mol. The first-order valence-electron chi connectivity index (χ1n) is 16.6. The van der Waals surface area contributed by atoms with Gasteiger partial charge in [0.15, 0.2) is 5.65 Å². The van der Waals surface area contributed by atoms with Crippen molar-refractivity contribution in [3.63, 3.8) is 0 Å². The summed E-state index contributed by atoms with van der Waals surface area (Å²) in [7, 11) is 0. The Labute approximate surface area is 278 Å². The number of benzene rings is 7. The van der Waals surface area contributed by atoms with Crippen molar-refractivity contribution in [1.29, 1.82) is 0 Å². The minimum absolute atomic E-state index is 0.863. The van der Waals surface area contributed by atoms with Gasteiger partial charge < -0.3 is 8.98 Å². The summed E-state index contributed by atoms with van der Waals surface area (Å²) in [5, 5.41) is 8.15. The number of aromatic nitrogens is 4. The van der Waals surface area contributed by atoms with Gasteiger partial charge in [-0.3, -0.25) is 4.40 Å². The number of furan rings is 1. The third kappa shape index (κ3) is 3.24. The Morgan fingerprint density at radius 1 is 0.449 bits per heavy atom. The summed E-state index contributed by atoms with van der Waals surface area (Å²) < 4.78 is 11.3. The number of para-hydroxylation sites is 5. The largest absolute Gasteiger partial charge is 0.456 e. The zero-order valence-corrected chi connectivity index (χ0v) is 26.1. The van der Waals surface area contributed by atoms with Crippen LogP contribution in [0.5, 0.6) is 0 Å². The second-order valence-electron chi connectivity index (χ2n) is 13.0. The maximum Gasteiger partial charge on any atom is 0.165 e. The number of nitrogens with zero attached hydrogens (tertiary/aromatic N) is 4. The van der Waals surface area contributed by atoms with Crippen LogP contribution < -0.4 is 0 Å². The van der Waals surface area contributed by atoms with Gasteiger partial charge in [-0.25, -0.2) is 9.97 Å². The van der Waals surface area contributed by atoms with Gasteiger partial charge in [-0.1, -0.05) is 78.9 Å². The molecule has 0 unspecified atom stereocenters. The highest BCUT2D eigenvalue weighted by Gasteiger charge is 2.25. The highest BCUT2D eigenvalue weighted by atomic mass is 16.3. The lowest BCUT2D eigenvalue weighted by molar-refractivity contribution is 0.669. The van der Waals surface area contributed by atoms with E-state index in [1.54, 1.807) is 0 Å². The average molecular weight is 625 g/mol. The molecule has 0 saturated heterocycles. The topological polar surface area (TPSA) is 48.3 Å². The van der Waals surface area contributed by atoms with Gasteiger partial charge in [0.05, 0.1) is 33.1 Å². The lowest BCUT2D eigenvalue weighted by Crippen LogP contribution is -1.92. The maximum atomic E-state index is 6.66. The fourth-order valence-electron chi connectivity index (χ4n) is 8.34. The Morgan fingerprint density at radius 2 is 1.12 bits per heavy atom. The number of fused-ring (bicyclic) bond motifs is 14. The quantitative estimate of drug-likeness (QED) is 0.192. The van der Waals surface area contributed by atoms with E-state index in [-0.39, 0.29) is 0 Å². The second kappa shape index (κ2) is 9.00. The third-order valence-corrected chi connectivity index (χ3v) is 10.4. The lowest BCUT2D eigenvalue weighted by Gasteiger charge is -2.08. The number of rotatable bonds is 2. The van der Waals surface area contributed by atoms with Gasteiger partial charge in [-0.15, -0.1) is 0 Å². The average Bonchev–Trinajstić information content (AvgIpc) is 3.88. The molecule has 12 rings (SSSR count). The molecule has 0 fully saturated rings. The van der Waals surface area contributed by atoms with Crippen LogP contribution in [0.1, 0.15) is 0 Å². The van der Waals surface area contributed by atoms with Crippen LogP contribution in [0.3, 0.4) is 0 Å². The normalized spacial score (nSPS) is 12.5. The monoisotopic (exact) mass is 624 g/mol. The Hall–Kier alpha value is -6.72. The van der Waals surface area contributed by atoms with Crippen molar-refractivity contribution in [2.24, 2.45) is 0 Å². The Morgan fingerprint density at radius 3 is 1.98 bits per heavy atom. The molecule has 0 aliphatic carbocycles. The van der Waals surface area contributed by atoms with Gasteiger partial charge in [0.25, 0.3) is 0 Å². The van der Waals surface area contributed by atoms with E-state index in [0.717, 1.165) is 71.8 Å². The predicted molar refractivity (Wildman–Crippen MR) is 201 cm³/mol. The van der Waals surface area contributed by atoms with Crippen molar-refractivity contribution >= 4 is 93.1 Å².